The molecule has 0 saturated carbocycles. The summed E-state index contributed by atoms with van der Waals surface area (Å²) in [5.41, 5.74) is -0.0953. The number of halogens is 9. The number of rotatable bonds is 4. The van der Waals surface area contributed by atoms with Gasteiger partial charge in [-0.05, 0) is 42.8 Å². The van der Waals surface area contributed by atoms with Crippen LogP contribution in [0, 0.1) is 0 Å². The van der Waals surface area contributed by atoms with E-state index in [0.717, 1.165) is 18.2 Å². The number of fused-ring (bicyclic) bond motifs is 1. The molecule has 2 aliphatic rings. The molecule has 248 valence electrons. The van der Waals surface area contributed by atoms with Crippen molar-refractivity contribution in [1.82, 2.24) is 20.3 Å². The number of nitrogens with one attached hydrogen (secondary N) is 2. The quantitative estimate of drug-likeness (QED) is 0.337. The van der Waals surface area contributed by atoms with Gasteiger partial charge in [0.1, 0.15) is 11.6 Å². The summed E-state index contributed by atoms with van der Waals surface area (Å²) in [5.74, 6) is -2.58. The normalized spacial score (nSPS) is 15.6. The van der Waals surface area contributed by atoms with Crippen LogP contribution in [0.2, 0.25) is 0 Å². The second kappa shape index (κ2) is 13.3. The molecule has 0 atom stereocenters. The van der Waals surface area contributed by atoms with Crippen LogP contribution in [0.15, 0.2) is 42.6 Å². The number of aliphatic carboxylic acids is 1. The fraction of sp³-hybridized carbons (Fsp3) is 0.370. The first kappa shape index (κ1) is 34.0. The molecule has 0 radical (unpaired) electrons. The highest BCUT2D eigenvalue weighted by molar-refractivity contribution is 5.82. The van der Waals surface area contributed by atoms with Crippen LogP contribution in [-0.2, 0) is 34.8 Å². The molecule has 3 N–H and O–H groups in total. The van der Waals surface area contributed by atoms with E-state index in [-0.39, 0.29) is 50.1 Å². The highest BCUT2D eigenvalue weighted by Crippen LogP contribution is 2.37. The predicted molar refractivity (Wildman–Crippen MR) is 145 cm³/mol. The summed E-state index contributed by atoms with van der Waals surface area (Å²) in [7, 11) is 0. The van der Waals surface area contributed by atoms with Gasteiger partial charge in [-0.2, -0.15) is 44.5 Å². The second-order valence-corrected chi connectivity index (χ2v) is 9.93. The molecule has 2 aliphatic heterocycles. The maximum atomic E-state index is 13.7. The molecule has 4 heterocycles. The smallest absolute Gasteiger partial charge is 0.475 e. The van der Waals surface area contributed by atoms with Crippen molar-refractivity contribution in [3.05, 3.63) is 65.0 Å². The maximum absolute atomic E-state index is 13.7. The average molecular weight is 666 g/mol. The Kier molecular flexibility index (Phi) is 9.81. The lowest BCUT2D eigenvalue weighted by atomic mass is 10.1. The number of carboxylic acid groups (broad SMARTS) is 1. The van der Waals surface area contributed by atoms with Crippen LogP contribution in [0.3, 0.4) is 0 Å². The standard InChI is InChI=1S/C25H23F6N7O.C2HF3O2/c26-24(27,28)15-3-5-16(6-4-15)34-21-17-7-11-37(22-18(25(29,30)31)2-1-9-33-22)12-8-19(17)35-23(36-21)38-13-10-32-20(39)14-38;3-2(4,5)1(6)7/h1-6,9H,7-8,10-14H2,(H,32,39)(H,34,35,36);(H,6,7). The maximum Gasteiger partial charge on any atom is 0.490 e. The van der Waals surface area contributed by atoms with Gasteiger partial charge < -0.3 is 25.5 Å². The van der Waals surface area contributed by atoms with Crippen molar-refractivity contribution < 1.29 is 54.2 Å². The van der Waals surface area contributed by atoms with Crippen LogP contribution in [0.25, 0.3) is 0 Å². The third-order valence-electron chi connectivity index (χ3n) is 6.76. The molecule has 1 saturated heterocycles. The van der Waals surface area contributed by atoms with Crippen LogP contribution < -0.4 is 20.4 Å². The van der Waals surface area contributed by atoms with Crippen molar-refractivity contribution >= 4 is 35.1 Å². The number of piperazine rings is 1. The van der Waals surface area contributed by atoms with Crippen molar-refractivity contribution in [2.45, 2.75) is 31.4 Å². The number of pyridine rings is 1. The number of amides is 1. The van der Waals surface area contributed by atoms with Crippen LogP contribution in [0.1, 0.15) is 22.4 Å². The number of benzene rings is 1. The van der Waals surface area contributed by atoms with Crippen LogP contribution in [-0.4, -0.2) is 70.8 Å². The van der Waals surface area contributed by atoms with Gasteiger partial charge in [-0.1, -0.05) is 0 Å². The first-order valence-corrected chi connectivity index (χ1v) is 13.4. The van der Waals surface area contributed by atoms with Gasteiger partial charge in [0.25, 0.3) is 0 Å². The van der Waals surface area contributed by atoms with Crippen molar-refractivity contribution in [3.8, 4) is 0 Å². The molecule has 0 unspecified atom stereocenters. The summed E-state index contributed by atoms with van der Waals surface area (Å²) >= 11 is 0. The Morgan fingerprint density at radius 3 is 2.11 bits per heavy atom. The topological polar surface area (TPSA) is 124 Å². The zero-order valence-corrected chi connectivity index (χ0v) is 23.4. The molecule has 0 bridgehead atoms. The Morgan fingerprint density at radius 1 is 0.870 bits per heavy atom. The van der Waals surface area contributed by atoms with E-state index >= 15 is 0 Å². The molecule has 1 aromatic carbocycles. The Balaban J connectivity index is 0.000000617. The van der Waals surface area contributed by atoms with Gasteiger partial charge in [0.2, 0.25) is 11.9 Å². The van der Waals surface area contributed by atoms with E-state index in [1.54, 1.807) is 9.80 Å². The van der Waals surface area contributed by atoms with Crippen molar-refractivity contribution in [2.24, 2.45) is 0 Å². The predicted octanol–water partition coefficient (Wildman–Crippen LogP) is 4.83. The van der Waals surface area contributed by atoms with E-state index in [4.69, 9.17) is 9.90 Å². The molecule has 0 aliphatic carbocycles. The molecule has 1 amide bonds. The lowest BCUT2D eigenvalue weighted by Crippen LogP contribution is -2.48. The molecule has 10 nitrogen and oxygen atoms in total. The zero-order chi connectivity index (χ0) is 33.9. The molecule has 2 aromatic heterocycles. The van der Waals surface area contributed by atoms with Crippen molar-refractivity contribution in [1.29, 1.82) is 0 Å². The first-order chi connectivity index (χ1) is 21.4. The number of alkyl halides is 9. The Hall–Kier alpha value is -4.84. The Labute approximate surface area is 254 Å². The number of nitrogens with zero attached hydrogens (tertiary/aromatic N) is 5. The molecule has 1 fully saturated rings. The van der Waals surface area contributed by atoms with Crippen LogP contribution in [0.4, 0.5) is 62.8 Å². The number of anilines is 4. The number of hydrogen-bond acceptors (Lipinski definition) is 8. The van der Waals surface area contributed by atoms with Gasteiger partial charge in [0.05, 0.1) is 23.4 Å². The Bertz CT molecular complexity index is 1560. The zero-order valence-electron chi connectivity index (χ0n) is 23.4. The second-order valence-electron chi connectivity index (χ2n) is 9.93. The highest BCUT2D eigenvalue weighted by atomic mass is 19.4. The van der Waals surface area contributed by atoms with E-state index in [0.29, 0.717) is 35.9 Å². The summed E-state index contributed by atoms with van der Waals surface area (Å²) < 4.78 is 112. The molecule has 46 heavy (non-hydrogen) atoms. The monoisotopic (exact) mass is 665 g/mol. The van der Waals surface area contributed by atoms with Gasteiger partial charge >= 0.3 is 24.5 Å². The average Bonchev–Trinajstić information content (AvgIpc) is 3.19. The summed E-state index contributed by atoms with van der Waals surface area (Å²) in [6.07, 6.45) is -12.3. The van der Waals surface area contributed by atoms with Gasteiger partial charge in [-0.15, -0.1) is 0 Å². The molecule has 19 heteroatoms. The van der Waals surface area contributed by atoms with Crippen LogP contribution in [0.5, 0.6) is 0 Å². The third kappa shape index (κ3) is 8.45. The molecule has 3 aromatic rings. The summed E-state index contributed by atoms with van der Waals surface area (Å²) in [6.45, 7) is 1.23. The minimum absolute atomic E-state index is 0.0213. The first-order valence-electron chi connectivity index (χ1n) is 13.4. The molecular weight excluding hydrogens is 641 g/mol. The number of carbonyl (C=O) groups is 2. The molecule has 5 rings (SSSR count). The van der Waals surface area contributed by atoms with E-state index in [9.17, 15) is 44.3 Å². The summed E-state index contributed by atoms with van der Waals surface area (Å²) in [4.78, 5) is 37.3. The van der Waals surface area contributed by atoms with E-state index < -0.39 is 35.6 Å². The van der Waals surface area contributed by atoms with Gasteiger partial charge in [-0.25, -0.2) is 14.8 Å². The number of aromatic nitrogens is 3. The van der Waals surface area contributed by atoms with Gasteiger partial charge in [-0.3, -0.25) is 4.79 Å². The lowest BCUT2D eigenvalue weighted by molar-refractivity contribution is -0.192. The van der Waals surface area contributed by atoms with Crippen molar-refractivity contribution in [2.75, 3.05) is 47.8 Å². The van der Waals surface area contributed by atoms with E-state index in [1.807, 2.05) is 0 Å². The Morgan fingerprint density at radius 2 is 1.52 bits per heavy atom. The molecule has 0 spiro atoms. The van der Waals surface area contributed by atoms with Gasteiger partial charge in [0, 0.05) is 50.0 Å². The largest absolute Gasteiger partial charge is 0.490 e. The highest BCUT2D eigenvalue weighted by Gasteiger charge is 2.38. The summed E-state index contributed by atoms with van der Waals surface area (Å²) in [6, 6.07) is 6.66. The van der Waals surface area contributed by atoms with Crippen molar-refractivity contribution in [3.63, 3.8) is 0 Å². The number of carbonyl (C=O) groups excluding carboxylic acids is 1. The number of carboxylic acids is 1. The number of hydrogen-bond donors (Lipinski definition) is 3. The van der Waals surface area contributed by atoms with E-state index in [1.165, 1.54) is 24.4 Å². The minimum Gasteiger partial charge on any atom is -0.475 e. The SMILES string of the molecule is O=C(O)C(F)(F)F.O=C1CN(c2nc3c(c(Nc4ccc(C(F)(F)F)cc4)n2)CCN(c2ncccc2C(F)(F)F)CC3)CCN1. The van der Waals surface area contributed by atoms with Crippen LogP contribution >= 0.6 is 0 Å². The third-order valence-corrected chi connectivity index (χ3v) is 6.76. The lowest BCUT2D eigenvalue weighted by Gasteiger charge is -2.28. The van der Waals surface area contributed by atoms with Gasteiger partial charge in [0.15, 0.2) is 0 Å². The fourth-order valence-corrected chi connectivity index (χ4v) is 4.60. The van der Waals surface area contributed by atoms with E-state index in [2.05, 4.69) is 25.6 Å². The molecular formula is C27H24F9N7O3. The minimum atomic E-state index is -5.08. The summed E-state index contributed by atoms with van der Waals surface area (Å²) in [5, 5.41) is 12.9. The fourth-order valence-electron chi connectivity index (χ4n) is 4.60.